The Hall–Kier alpha value is -2.26. The molecule has 27 heavy (non-hydrogen) atoms. The highest BCUT2D eigenvalue weighted by atomic mass is 16.7. The highest BCUT2D eigenvalue weighted by Crippen LogP contribution is 2.28. The number of carboxylic acid groups (broad SMARTS) is 1. The van der Waals surface area contributed by atoms with Gasteiger partial charge in [-0.2, -0.15) is 0 Å². The predicted octanol–water partition coefficient (Wildman–Crippen LogP) is 3.10. The van der Waals surface area contributed by atoms with Gasteiger partial charge in [0.15, 0.2) is 0 Å². The van der Waals surface area contributed by atoms with Crippen LogP contribution in [0.1, 0.15) is 60.8 Å². The fourth-order valence-electron chi connectivity index (χ4n) is 2.58. The van der Waals surface area contributed by atoms with Gasteiger partial charge in [0.05, 0.1) is 16.4 Å². The van der Waals surface area contributed by atoms with Gasteiger partial charge in [0.25, 0.3) is 0 Å². The van der Waals surface area contributed by atoms with Gasteiger partial charge in [0.2, 0.25) is 5.28 Å². The highest BCUT2D eigenvalue weighted by molar-refractivity contribution is 5.70. The fraction of sp³-hybridized carbons (Fsp3) is 0.882. The van der Waals surface area contributed by atoms with Crippen molar-refractivity contribution >= 4 is 12.1 Å². The average Bonchev–Trinajstić information content (AvgIpc) is 2.95. The summed E-state index contributed by atoms with van der Waals surface area (Å²) >= 11 is 0. The van der Waals surface area contributed by atoms with Crippen molar-refractivity contribution in [2.45, 2.75) is 78.0 Å². The predicted molar refractivity (Wildman–Crippen MR) is 94.6 cm³/mol. The van der Waals surface area contributed by atoms with Gasteiger partial charge in [-0.15, -0.1) is 5.01 Å². The zero-order chi connectivity index (χ0) is 20.8. The number of aliphatic carboxylic acids is 1. The van der Waals surface area contributed by atoms with E-state index >= 15 is 0 Å². The second-order valence-corrected chi connectivity index (χ2v) is 8.52. The lowest BCUT2D eigenvalue weighted by atomic mass is 10.1. The monoisotopic (exact) mass is 389 g/mol. The first-order chi connectivity index (χ1) is 12.3. The molecule has 0 aromatic heterocycles. The van der Waals surface area contributed by atoms with Gasteiger partial charge in [-0.3, -0.25) is 4.79 Å². The van der Waals surface area contributed by atoms with Crippen molar-refractivity contribution < 1.29 is 34.0 Å². The topological polar surface area (TPSA) is 124 Å². The van der Waals surface area contributed by atoms with Gasteiger partial charge in [-0.05, 0) is 54.4 Å². The summed E-state index contributed by atoms with van der Waals surface area (Å²) in [5, 5.41) is 26.2. The van der Waals surface area contributed by atoms with E-state index in [1.165, 1.54) is 5.01 Å². The van der Waals surface area contributed by atoms with E-state index in [1.807, 2.05) is 0 Å². The van der Waals surface area contributed by atoms with Crippen LogP contribution in [-0.4, -0.2) is 57.6 Å². The summed E-state index contributed by atoms with van der Waals surface area (Å²) in [6.45, 7) is 10.6. The van der Waals surface area contributed by atoms with E-state index in [4.69, 9.17) is 19.4 Å². The van der Waals surface area contributed by atoms with Crippen LogP contribution in [0.2, 0.25) is 0 Å². The first kappa shape index (κ1) is 22.8. The van der Waals surface area contributed by atoms with Gasteiger partial charge in [-0.25, -0.2) is 4.79 Å². The summed E-state index contributed by atoms with van der Waals surface area (Å²) in [5.74, 6) is -1.33. The number of hydrazine groups is 1. The Morgan fingerprint density at radius 1 is 1.22 bits per heavy atom. The molecule has 1 N–H and O–H groups in total. The minimum atomic E-state index is -0.865. The van der Waals surface area contributed by atoms with E-state index in [0.29, 0.717) is 24.2 Å². The molecule has 1 fully saturated rings. The molecular formula is C17H31N3O7. The third-order valence-electron chi connectivity index (χ3n) is 3.89. The van der Waals surface area contributed by atoms with Crippen LogP contribution in [0.5, 0.6) is 0 Å². The Morgan fingerprint density at radius 3 is 2.33 bits per heavy atom. The number of carbonyl (C=O) groups excluding carboxylic acids is 1. The molecule has 0 radical (unpaired) electrons. The van der Waals surface area contributed by atoms with E-state index in [1.54, 1.807) is 41.5 Å². The maximum absolute atomic E-state index is 12.3. The minimum absolute atomic E-state index is 0.0645. The van der Waals surface area contributed by atoms with Crippen LogP contribution in [0.3, 0.4) is 0 Å². The molecule has 0 spiro atoms. The summed E-state index contributed by atoms with van der Waals surface area (Å²) in [6, 6.07) is 0. The summed E-state index contributed by atoms with van der Waals surface area (Å²) in [5.41, 5.74) is -1.27. The molecule has 10 nitrogen and oxygen atoms in total. The van der Waals surface area contributed by atoms with Crippen molar-refractivity contribution in [1.29, 1.82) is 0 Å². The zero-order valence-electron chi connectivity index (χ0n) is 16.9. The van der Waals surface area contributed by atoms with Crippen LogP contribution >= 0.6 is 0 Å². The maximum atomic E-state index is 12.3. The lowest BCUT2D eigenvalue weighted by molar-refractivity contribution is -0.726. The van der Waals surface area contributed by atoms with Gasteiger partial charge < -0.3 is 24.6 Å². The zero-order valence-corrected chi connectivity index (χ0v) is 16.9. The average molecular weight is 389 g/mol. The van der Waals surface area contributed by atoms with Gasteiger partial charge in [0, 0.05) is 6.42 Å². The van der Waals surface area contributed by atoms with Gasteiger partial charge >= 0.3 is 12.1 Å². The second kappa shape index (κ2) is 9.09. The quantitative estimate of drug-likeness (QED) is 0.305. The van der Waals surface area contributed by atoms with Crippen molar-refractivity contribution in [1.82, 2.24) is 5.01 Å². The largest absolute Gasteiger partial charge is 0.569 e. The number of hydrogen-bond donors (Lipinski definition) is 1. The molecule has 156 valence electrons. The summed E-state index contributed by atoms with van der Waals surface area (Å²) in [7, 11) is 0. The van der Waals surface area contributed by atoms with Gasteiger partial charge in [-0.1, -0.05) is 0 Å². The molecule has 0 unspecified atom stereocenters. The van der Waals surface area contributed by atoms with Crippen LogP contribution in [0.4, 0.5) is 4.79 Å². The van der Waals surface area contributed by atoms with E-state index in [-0.39, 0.29) is 13.2 Å². The Balaban J connectivity index is 2.58. The lowest BCUT2D eigenvalue weighted by Crippen LogP contribution is -2.47. The highest BCUT2D eigenvalue weighted by Gasteiger charge is 2.33. The van der Waals surface area contributed by atoms with Crippen LogP contribution in [-0.2, 0) is 19.1 Å². The van der Waals surface area contributed by atoms with E-state index in [0.717, 1.165) is 0 Å². The maximum Gasteiger partial charge on any atom is 0.508 e. The summed E-state index contributed by atoms with van der Waals surface area (Å²) in [6.07, 6.45) is 0.145. The minimum Gasteiger partial charge on any atom is -0.569 e. The molecule has 0 bridgehead atoms. The number of carboxylic acids is 1. The molecular weight excluding hydrogens is 358 g/mol. The number of carbonyl (C=O) groups is 2. The molecule has 1 aliphatic rings. The molecule has 2 atom stereocenters. The fourth-order valence-corrected chi connectivity index (χ4v) is 2.58. The van der Waals surface area contributed by atoms with Gasteiger partial charge in [0.1, 0.15) is 24.9 Å². The molecule has 0 aliphatic heterocycles. The molecule has 1 aliphatic carbocycles. The van der Waals surface area contributed by atoms with E-state index in [2.05, 4.69) is 5.28 Å². The summed E-state index contributed by atoms with van der Waals surface area (Å²) in [4.78, 5) is 28.1. The molecule has 0 amide bonds. The first-order valence-corrected chi connectivity index (χ1v) is 9.00. The third kappa shape index (κ3) is 8.31. The van der Waals surface area contributed by atoms with Crippen molar-refractivity contribution in [3.05, 3.63) is 5.21 Å². The number of ether oxygens (including phenoxy) is 2. The van der Waals surface area contributed by atoms with Crippen molar-refractivity contribution in [2.24, 2.45) is 11.2 Å². The number of hydrogen-bond acceptors (Lipinski definition) is 7. The molecule has 10 heteroatoms. The van der Waals surface area contributed by atoms with Crippen molar-refractivity contribution in [2.75, 3.05) is 13.2 Å². The molecule has 1 rings (SSSR count). The second-order valence-electron chi connectivity index (χ2n) is 8.52. The SMILES string of the molecule is CC(C)(C)OC(=O)OCCN(/[N+]([O-])=N/O[C@@H]1CC[C@H](C(=O)O)C1)C(C)(C)C. The third-order valence-corrected chi connectivity index (χ3v) is 3.89. The molecule has 1 saturated carbocycles. The molecule has 0 aromatic carbocycles. The lowest BCUT2D eigenvalue weighted by Gasteiger charge is -2.30. The Kier molecular flexibility index (Phi) is 7.67. The van der Waals surface area contributed by atoms with Crippen LogP contribution < -0.4 is 0 Å². The van der Waals surface area contributed by atoms with Crippen LogP contribution in [0, 0.1) is 11.1 Å². The van der Waals surface area contributed by atoms with Crippen LogP contribution in [0.15, 0.2) is 5.28 Å². The molecule has 0 heterocycles. The summed E-state index contributed by atoms with van der Waals surface area (Å²) < 4.78 is 10.0. The van der Waals surface area contributed by atoms with E-state index < -0.39 is 35.3 Å². The van der Waals surface area contributed by atoms with Crippen molar-refractivity contribution in [3.8, 4) is 0 Å². The van der Waals surface area contributed by atoms with E-state index in [9.17, 15) is 14.8 Å². The Labute approximate surface area is 159 Å². The van der Waals surface area contributed by atoms with Crippen molar-refractivity contribution in [3.63, 3.8) is 0 Å². The van der Waals surface area contributed by atoms with Crippen LogP contribution in [0.25, 0.3) is 0 Å². The molecule has 0 aromatic rings. The smallest absolute Gasteiger partial charge is 0.508 e. The standard InChI is InChI=1S/C17H31N3O7/c1-16(2,3)19(9-10-25-15(23)26-17(4,5)6)20(24)18-27-13-8-7-12(11-13)14(21)22/h12-13H,7-11H2,1-6H3,(H,21,22)/b20-18-/t12-,13+/m0/s1. The molecule has 0 saturated heterocycles. The first-order valence-electron chi connectivity index (χ1n) is 9.00. The Morgan fingerprint density at radius 2 is 1.85 bits per heavy atom. The normalized spacial score (nSPS) is 20.9. The Bertz CT molecular complexity index is 552. The number of nitrogens with zero attached hydrogens (tertiary/aromatic N) is 3. The number of rotatable bonds is 7.